The van der Waals surface area contributed by atoms with Crippen molar-refractivity contribution in [3.8, 4) is 0 Å². The van der Waals surface area contributed by atoms with Gasteiger partial charge in [-0.2, -0.15) is 0 Å². The summed E-state index contributed by atoms with van der Waals surface area (Å²) in [6, 6.07) is 6.99. The third-order valence-corrected chi connectivity index (χ3v) is 21.0. The topological polar surface area (TPSA) is 323 Å². The van der Waals surface area contributed by atoms with E-state index in [9.17, 15) is 69.0 Å². The highest BCUT2D eigenvalue weighted by atomic mass is 79.9. The van der Waals surface area contributed by atoms with Crippen LogP contribution in [0.15, 0.2) is 143 Å². The normalized spacial score (nSPS) is 21.8. The number of nitrogens with two attached hydrogens (primary N) is 1. The summed E-state index contributed by atoms with van der Waals surface area (Å²) in [6.07, 6.45) is 3.80. The first kappa shape index (κ1) is 81.8. The number of methoxy groups -OCH3 is 2. The van der Waals surface area contributed by atoms with E-state index in [1.165, 1.54) is 88.0 Å². The summed E-state index contributed by atoms with van der Waals surface area (Å²) >= 11 is 24.8. The second kappa shape index (κ2) is 34.9. The van der Waals surface area contributed by atoms with Crippen molar-refractivity contribution in [2.45, 2.75) is 106 Å². The van der Waals surface area contributed by atoms with Crippen LogP contribution in [0.3, 0.4) is 0 Å². The number of aromatic nitrogens is 4. The van der Waals surface area contributed by atoms with E-state index in [0.29, 0.717) is 53.6 Å². The number of likely N-dealkylation sites (tertiary alicyclic amines) is 3. The van der Waals surface area contributed by atoms with Gasteiger partial charge in [0, 0.05) is 160 Å². The van der Waals surface area contributed by atoms with Gasteiger partial charge in [0.15, 0.2) is 33.3 Å². The average molecular weight is 1670 g/mol. The van der Waals surface area contributed by atoms with Gasteiger partial charge in [-0.1, -0.05) is 68.9 Å². The zero-order valence-corrected chi connectivity index (χ0v) is 63.0. The Morgan fingerprint density at radius 3 is 1.48 bits per heavy atom. The predicted octanol–water partition coefficient (Wildman–Crippen LogP) is 11.0. The molecule has 6 aliphatic rings. The first-order valence-electron chi connectivity index (χ1n) is 32.9. The molecular weight excluding hydrogens is 1600 g/mol. The number of hydrogen-bond acceptors (Lipinski definition) is 23. The first-order valence-corrected chi connectivity index (χ1v) is 36.6. The molecule has 6 aromatic rings. The van der Waals surface area contributed by atoms with E-state index < -0.39 is 147 Å². The van der Waals surface area contributed by atoms with Crippen LogP contribution in [0.4, 0.5) is 35.1 Å². The molecule has 3 fully saturated rings. The fourth-order valence-electron chi connectivity index (χ4n) is 13.2. The smallest absolute Gasteiger partial charge is 0.338 e. The second-order valence-electron chi connectivity index (χ2n) is 25.5. The highest BCUT2D eigenvalue weighted by Crippen LogP contribution is 2.44. The molecular formula is C69H68BrCl3F8N14O11S2. The number of carboxylic acids is 2. The molecule has 0 radical (unpaired) electrons. The predicted molar refractivity (Wildman–Crippen MR) is 386 cm³/mol. The molecule has 6 aliphatic heterocycles. The number of amidine groups is 3. The molecule has 7 N–H and O–H groups in total. The SMILES string of the molecule is CCOC(=O)C1=C(CN2CC(F)(F)CC2CC(=O)O)NC(c2nccn2C)=NC1c1ccc(F)cc1Br.COC(=O)C1=C(CN2CC(F)(F)CC2CC(N)=O)NC(c2nccs2)=NC1c1ccc(Cl)cc1Cl.COC(=O)C1=C(CN2CC(F)(F)CC2CCC(=O)O)NC(c2nccs2)=NC1c1ccc(F)cc1Cl. The van der Waals surface area contributed by atoms with E-state index in [2.05, 4.69) is 56.8 Å². The van der Waals surface area contributed by atoms with Gasteiger partial charge in [-0.3, -0.25) is 44.1 Å². The Kier molecular flexibility index (Phi) is 26.4. The zero-order valence-electron chi connectivity index (χ0n) is 57.5. The molecule has 25 nitrogen and oxygen atoms in total. The molecule has 0 aliphatic carbocycles. The van der Waals surface area contributed by atoms with E-state index in [0.717, 1.165) is 6.07 Å². The fraction of sp³-hybridized carbons (Fsp3) is 0.391. The molecule has 1 amide bonds. The number of aliphatic carboxylic acids is 2. The molecule has 0 spiro atoms. The molecule has 9 heterocycles. The number of nitrogens with one attached hydrogen (secondary N) is 3. The molecule has 3 aromatic carbocycles. The summed E-state index contributed by atoms with van der Waals surface area (Å²) in [6.45, 7) is -0.639. The maximum atomic E-state index is 14.4. The number of nitrogens with zero attached hydrogens (tertiary/aromatic N) is 10. The highest BCUT2D eigenvalue weighted by Gasteiger charge is 2.50. The number of thiazole rings is 2. The third kappa shape index (κ3) is 20.0. The van der Waals surface area contributed by atoms with Crippen molar-refractivity contribution in [2.24, 2.45) is 27.8 Å². The molecule has 39 heteroatoms. The van der Waals surface area contributed by atoms with Crippen LogP contribution >= 0.6 is 73.4 Å². The summed E-state index contributed by atoms with van der Waals surface area (Å²) in [4.78, 5) is 104. The van der Waals surface area contributed by atoms with Crippen LogP contribution in [0.2, 0.25) is 15.1 Å². The largest absolute Gasteiger partial charge is 0.481 e. The van der Waals surface area contributed by atoms with Crippen molar-refractivity contribution >= 4 is 127 Å². The van der Waals surface area contributed by atoms with Gasteiger partial charge in [-0.25, -0.2) is 64.5 Å². The minimum atomic E-state index is -3.09. The van der Waals surface area contributed by atoms with Crippen molar-refractivity contribution in [3.63, 3.8) is 0 Å². The first-order chi connectivity index (χ1) is 51.1. The van der Waals surface area contributed by atoms with E-state index >= 15 is 0 Å². The van der Waals surface area contributed by atoms with E-state index in [4.69, 9.17) is 64.8 Å². The lowest BCUT2D eigenvalue weighted by Gasteiger charge is -2.31. The second-order valence-corrected chi connectivity index (χ2v) is 29.4. The standard InChI is InChI=1S/C24H25BrF3N5O4.C23H22ClF3N4O4S.C22H21Cl2F2N5O3S/c1-3-37-23(36)19-17(11-33-12-24(27,28)10-14(33)9-18(34)35)30-21(22-29-6-7-32(22)2)31-20(19)15-5-4-13(26)8-16(15)25;1-35-22(34)18-16(10-31-11-23(26,27)9-13(31)3-5-17(32)33)29-20(21-28-6-7-36-21)30-19(18)14-4-2-12(25)8-15(14)24;1-34-21(33)17-15(9-31-10-22(25,26)8-12(31)7-16(27)32)29-19(20-28-4-5-35-20)30-18(17)13-3-2-11(23)6-14(13)24/h4-8,14,20H,3,9-12H2,1-2H3,(H,30,31)(H,34,35);2,4,6-8,13,19H,3,5,9-11H2,1H3,(H,29,30)(H,32,33);2-6,12,18H,7-10H2,1H3,(H2,27,32)(H,29,30). The number of aryl methyl sites for hydroxylation is 1. The van der Waals surface area contributed by atoms with Gasteiger partial charge in [0.2, 0.25) is 5.91 Å². The van der Waals surface area contributed by atoms with Crippen molar-refractivity contribution in [1.29, 1.82) is 0 Å². The Hall–Kier alpha value is -8.75. The van der Waals surface area contributed by atoms with Gasteiger partial charge in [-0.15, -0.1) is 22.7 Å². The summed E-state index contributed by atoms with van der Waals surface area (Å²) in [7, 11) is 4.13. The quantitative estimate of drug-likeness (QED) is 0.0197. The number of carbonyl (C=O) groups is 6. The van der Waals surface area contributed by atoms with Crippen LogP contribution < -0.4 is 21.7 Å². The Labute approximate surface area is 642 Å². The van der Waals surface area contributed by atoms with Crippen LogP contribution in [-0.4, -0.2) is 194 Å². The van der Waals surface area contributed by atoms with Crippen molar-refractivity contribution < 1.29 is 88.3 Å². The maximum absolute atomic E-state index is 14.4. The summed E-state index contributed by atoms with van der Waals surface area (Å²) in [5.41, 5.74) is 7.48. The molecule has 12 rings (SSSR count). The van der Waals surface area contributed by atoms with E-state index in [-0.39, 0.29) is 95.3 Å². The summed E-state index contributed by atoms with van der Waals surface area (Å²) in [5.74, 6) is -14.1. The molecule has 3 saturated heterocycles. The molecule has 108 heavy (non-hydrogen) atoms. The van der Waals surface area contributed by atoms with Crippen molar-refractivity contribution in [3.05, 3.63) is 188 Å². The van der Waals surface area contributed by atoms with Crippen LogP contribution in [-0.2, 0) is 50.0 Å². The summed E-state index contributed by atoms with van der Waals surface area (Å²) in [5, 5.41) is 32.7. The number of carboxylic acid groups (broad SMARTS) is 2. The highest BCUT2D eigenvalue weighted by molar-refractivity contribution is 9.10. The minimum absolute atomic E-state index is 0.0202. The fourth-order valence-corrected chi connectivity index (χ4v) is 15.8. The number of benzene rings is 3. The average Bonchev–Trinajstić information content (AvgIpc) is 1.58. The van der Waals surface area contributed by atoms with Crippen LogP contribution in [0, 0.1) is 11.6 Å². The number of hydrogen-bond donors (Lipinski definition) is 6. The maximum Gasteiger partial charge on any atom is 0.338 e. The van der Waals surface area contributed by atoms with Gasteiger partial charge < -0.3 is 50.7 Å². The third-order valence-electron chi connectivity index (χ3n) is 17.8. The summed E-state index contributed by atoms with van der Waals surface area (Å²) < 4.78 is 131. The lowest BCUT2D eigenvalue weighted by Crippen LogP contribution is -2.42. The molecule has 6 atom stereocenters. The number of rotatable bonds is 23. The Balaban J connectivity index is 0.000000173. The number of halogens is 12. The molecule has 576 valence electrons. The Morgan fingerprint density at radius 2 is 1.05 bits per heavy atom. The number of alkyl halides is 6. The monoisotopic (exact) mass is 1670 g/mol. The van der Waals surface area contributed by atoms with Gasteiger partial charge in [0.05, 0.1) is 63.6 Å². The number of primary amides is 1. The van der Waals surface area contributed by atoms with Gasteiger partial charge in [0.1, 0.15) is 29.8 Å². The molecule has 6 unspecified atom stereocenters. The minimum Gasteiger partial charge on any atom is -0.481 e. The lowest BCUT2D eigenvalue weighted by molar-refractivity contribution is -0.139. The number of carbonyl (C=O) groups excluding carboxylic acids is 4. The number of amides is 1. The molecule has 0 bridgehead atoms. The number of esters is 3. The van der Waals surface area contributed by atoms with Gasteiger partial charge in [0.25, 0.3) is 17.8 Å². The number of aliphatic imine (C=N–C) groups is 3. The Morgan fingerprint density at radius 1 is 0.602 bits per heavy atom. The van der Waals surface area contributed by atoms with Crippen LogP contribution in [0.25, 0.3) is 0 Å². The van der Waals surface area contributed by atoms with E-state index in [1.807, 2.05) is 0 Å². The number of imidazole rings is 1. The van der Waals surface area contributed by atoms with Crippen molar-refractivity contribution in [1.82, 2.24) is 50.2 Å². The lowest BCUT2D eigenvalue weighted by atomic mass is 9.95. The van der Waals surface area contributed by atoms with E-state index in [1.54, 1.807) is 66.2 Å². The number of ether oxygens (including phenoxy) is 3. The van der Waals surface area contributed by atoms with Gasteiger partial charge in [-0.05, 0) is 55.3 Å². The van der Waals surface area contributed by atoms with Crippen LogP contribution in [0.5, 0.6) is 0 Å². The molecule has 3 aromatic heterocycles. The van der Waals surface area contributed by atoms with Gasteiger partial charge >= 0.3 is 29.8 Å². The Bertz CT molecular complexity index is 4610. The van der Waals surface area contributed by atoms with Crippen molar-refractivity contribution in [2.75, 3.05) is 60.1 Å². The van der Waals surface area contributed by atoms with Crippen LogP contribution in [0.1, 0.15) is 103 Å². The zero-order chi connectivity index (χ0) is 78.3. The molecule has 0 saturated carbocycles.